The number of anilines is 2. The van der Waals surface area contributed by atoms with E-state index >= 15 is 0 Å². The highest BCUT2D eigenvalue weighted by atomic mass is 19.1. The first-order chi connectivity index (χ1) is 17.5. The Balaban J connectivity index is 1.03. The van der Waals surface area contributed by atoms with Crippen molar-refractivity contribution in [1.82, 2.24) is 10.2 Å². The fourth-order valence-electron chi connectivity index (χ4n) is 4.52. The third kappa shape index (κ3) is 5.63. The molecular weight excluding hydrogens is 455 g/mol. The summed E-state index contributed by atoms with van der Waals surface area (Å²) in [4.78, 5) is 26.8. The molecule has 0 radical (unpaired) electrons. The topological polar surface area (TPSA) is 87.5 Å². The SMILES string of the molecule is Nc1ccccc1NC(=O)c1ccc(/C=C/C(=O)N2CC(CNC3CC3c3ccc(F)cc3)C2)cc1. The largest absolute Gasteiger partial charge is 0.397 e. The number of benzene rings is 3. The first-order valence-electron chi connectivity index (χ1n) is 12.2. The molecule has 2 amide bonds. The summed E-state index contributed by atoms with van der Waals surface area (Å²) >= 11 is 0. The number of nitrogens with zero attached hydrogens (tertiary/aromatic N) is 1. The van der Waals surface area contributed by atoms with Crippen molar-refractivity contribution < 1.29 is 14.0 Å². The highest BCUT2D eigenvalue weighted by Crippen LogP contribution is 2.40. The number of amides is 2. The number of rotatable bonds is 8. The smallest absolute Gasteiger partial charge is 0.255 e. The zero-order chi connectivity index (χ0) is 25.1. The molecule has 36 heavy (non-hydrogen) atoms. The van der Waals surface area contributed by atoms with E-state index in [9.17, 15) is 14.0 Å². The van der Waals surface area contributed by atoms with Crippen LogP contribution in [0.1, 0.15) is 33.8 Å². The molecule has 0 aromatic heterocycles. The van der Waals surface area contributed by atoms with E-state index in [2.05, 4.69) is 10.6 Å². The van der Waals surface area contributed by atoms with E-state index in [1.165, 1.54) is 17.7 Å². The van der Waals surface area contributed by atoms with Crippen LogP contribution in [0.5, 0.6) is 0 Å². The maximum Gasteiger partial charge on any atom is 0.255 e. The number of hydrogen-bond donors (Lipinski definition) is 3. The van der Waals surface area contributed by atoms with Gasteiger partial charge >= 0.3 is 0 Å². The Labute approximate surface area is 210 Å². The van der Waals surface area contributed by atoms with E-state index in [0.717, 1.165) is 31.6 Å². The first-order valence-corrected chi connectivity index (χ1v) is 12.2. The van der Waals surface area contributed by atoms with Crippen LogP contribution in [0.3, 0.4) is 0 Å². The van der Waals surface area contributed by atoms with Gasteiger partial charge in [-0.15, -0.1) is 0 Å². The summed E-state index contributed by atoms with van der Waals surface area (Å²) < 4.78 is 13.1. The Hall–Kier alpha value is -3.97. The standard InChI is InChI=1S/C29H29FN4O2/c30-23-12-10-21(11-13-23)24-15-27(24)32-16-20-17-34(18-20)28(35)14-7-19-5-8-22(9-6-19)29(36)33-26-4-2-1-3-25(26)31/h1-14,20,24,27,32H,15-18,31H2,(H,33,36)/b14-7+. The van der Waals surface area contributed by atoms with Gasteiger partial charge in [-0.05, 0) is 60.0 Å². The number of nitrogens with one attached hydrogen (secondary N) is 2. The average molecular weight is 485 g/mol. The number of nitrogens with two attached hydrogens (primary N) is 1. The molecule has 184 valence electrons. The fourth-order valence-corrected chi connectivity index (χ4v) is 4.52. The van der Waals surface area contributed by atoms with Gasteiger partial charge in [0.1, 0.15) is 5.82 Å². The van der Waals surface area contributed by atoms with Crippen LogP contribution in [0.2, 0.25) is 0 Å². The molecule has 2 unspecified atom stereocenters. The van der Waals surface area contributed by atoms with Gasteiger partial charge in [0.05, 0.1) is 11.4 Å². The third-order valence-electron chi connectivity index (χ3n) is 6.83. The van der Waals surface area contributed by atoms with Crippen LogP contribution in [0, 0.1) is 11.7 Å². The summed E-state index contributed by atoms with van der Waals surface area (Å²) in [5.74, 6) is 0.457. The van der Waals surface area contributed by atoms with Crippen molar-refractivity contribution in [3.8, 4) is 0 Å². The molecule has 3 aromatic carbocycles. The first kappa shape index (κ1) is 23.8. The van der Waals surface area contributed by atoms with Gasteiger partial charge in [0.2, 0.25) is 5.91 Å². The number of likely N-dealkylation sites (tertiary alicyclic amines) is 1. The molecule has 1 heterocycles. The molecule has 2 aliphatic rings. The van der Waals surface area contributed by atoms with Crippen LogP contribution >= 0.6 is 0 Å². The van der Waals surface area contributed by atoms with Gasteiger partial charge in [-0.3, -0.25) is 9.59 Å². The van der Waals surface area contributed by atoms with Crippen LogP contribution in [0.25, 0.3) is 6.08 Å². The van der Waals surface area contributed by atoms with Crippen LogP contribution in [-0.4, -0.2) is 42.4 Å². The third-order valence-corrected chi connectivity index (χ3v) is 6.83. The lowest BCUT2D eigenvalue weighted by Gasteiger charge is -2.39. The second kappa shape index (κ2) is 10.3. The van der Waals surface area contributed by atoms with Crippen LogP contribution in [0.4, 0.5) is 15.8 Å². The van der Waals surface area contributed by atoms with E-state index in [1.807, 2.05) is 41.3 Å². The summed E-state index contributed by atoms with van der Waals surface area (Å²) in [6.07, 6.45) is 4.42. The minimum absolute atomic E-state index is 0.0109. The molecule has 5 rings (SSSR count). The fraction of sp³-hybridized carbons (Fsp3) is 0.241. The molecule has 0 bridgehead atoms. The number of para-hydroxylation sites is 2. The molecule has 2 fully saturated rings. The van der Waals surface area contributed by atoms with Crippen molar-refractivity contribution >= 4 is 29.3 Å². The Morgan fingerprint density at radius 1 is 1.00 bits per heavy atom. The molecule has 3 aromatic rings. The minimum Gasteiger partial charge on any atom is -0.397 e. The zero-order valence-corrected chi connectivity index (χ0v) is 19.9. The number of nitrogen functional groups attached to an aromatic ring is 1. The van der Waals surface area contributed by atoms with Gasteiger partial charge in [-0.2, -0.15) is 0 Å². The number of halogens is 1. The predicted octanol–water partition coefficient (Wildman–Crippen LogP) is 4.28. The van der Waals surface area contributed by atoms with Crippen molar-refractivity contribution in [3.05, 3.63) is 101 Å². The summed E-state index contributed by atoms with van der Waals surface area (Å²) in [5.41, 5.74) is 9.50. The average Bonchev–Trinajstić information content (AvgIpc) is 3.63. The lowest BCUT2D eigenvalue weighted by Crippen LogP contribution is -2.53. The van der Waals surface area contributed by atoms with Crippen LogP contribution in [0.15, 0.2) is 78.9 Å². The number of hydrogen-bond acceptors (Lipinski definition) is 4. The molecule has 1 aliphatic heterocycles. The van der Waals surface area contributed by atoms with Gasteiger partial charge < -0.3 is 21.3 Å². The molecule has 1 aliphatic carbocycles. The maximum atomic E-state index is 13.1. The Bertz CT molecular complexity index is 1270. The summed E-state index contributed by atoms with van der Waals surface area (Å²) in [5, 5.41) is 6.38. The van der Waals surface area contributed by atoms with Crippen molar-refractivity contribution in [2.45, 2.75) is 18.4 Å². The second-order valence-corrected chi connectivity index (χ2v) is 9.51. The lowest BCUT2D eigenvalue weighted by molar-refractivity contribution is -0.131. The predicted molar refractivity (Wildman–Crippen MR) is 140 cm³/mol. The summed E-state index contributed by atoms with van der Waals surface area (Å²) in [6.45, 7) is 2.37. The molecule has 7 heteroatoms. The quantitative estimate of drug-likeness (QED) is 0.329. The van der Waals surface area contributed by atoms with E-state index in [0.29, 0.717) is 34.8 Å². The maximum absolute atomic E-state index is 13.1. The lowest BCUT2D eigenvalue weighted by atomic mass is 9.99. The monoisotopic (exact) mass is 484 g/mol. The van der Waals surface area contributed by atoms with E-state index in [4.69, 9.17) is 5.73 Å². The normalized spacial score (nSPS) is 19.2. The molecule has 6 nitrogen and oxygen atoms in total. The number of carbonyl (C=O) groups is 2. The highest BCUT2D eigenvalue weighted by Gasteiger charge is 2.39. The van der Waals surface area contributed by atoms with Gasteiger partial charge in [-0.25, -0.2) is 4.39 Å². The van der Waals surface area contributed by atoms with E-state index in [1.54, 1.807) is 36.4 Å². The summed E-state index contributed by atoms with van der Waals surface area (Å²) in [6, 6.07) is 21.4. The van der Waals surface area contributed by atoms with Gasteiger partial charge in [0, 0.05) is 49.2 Å². The molecule has 0 spiro atoms. The molecule has 4 N–H and O–H groups in total. The molecule has 1 saturated carbocycles. The van der Waals surface area contributed by atoms with Crippen molar-refractivity contribution in [1.29, 1.82) is 0 Å². The Kier molecular flexibility index (Phi) is 6.82. The van der Waals surface area contributed by atoms with Crippen LogP contribution < -0.4 is 16.4 Å². The van der Waals surface area contributed by atoms with Gasteiger partial charge in [0.15, 0.2) is 0 Å². The molecular formula is C29H29FN4O2. The van der Waals surface area contributed by atoms with Gasteiger partial charge in [0.25, 0.3) is 5.91 Å². The minimum atomic E-state index is -0.241. The summed E-state index contributed by atoms with van der Waals surface area (Å²) in [7, 11) is 0. The van der Waals surface area contributed by atoms with E-state index in [-0.39, 0.29) is 17.6 Å². The van der Waals surface area contributed by atoms with Crippen LogP contribution in [-0.2, 0) is 4.79 Å². The highest BCUT2D eigenvalue weighted by molar-refractivity contribution is 6.05. The Morgan fingerprint density at radius 3 is 2.44 bits per heavy atom. The molecule has 1 saturated heterocycles. The number of carbonyl (C=O) groups excluding carboxylic acids is 2. The second-order valence-electron chi connectivity index (χ2n) is 9.51. The van der Waals surface area contributed by atoms with Crippen molar-refractivity contribution in [3.63, 3.8) is 0 Å². The van der Waals surface area contributed by atoms with Gasteiger partial charge in [-0.1, -0.05) is 36.4 Å². The van der Waals surface area contributed by atoms with E-state index < -0.39 is 0 Å². The Morgan fingerprint density at radius 2 is 1.72 bits per heavy atom. The van der Waals surface area contributed by atoms with Crippen molar-refractivity contribution in [2.75, 3.05) is 30.7 Å². The van der Waals surface area contributed by atoms with Crippen molar-refractivity contribution in [2.24, 2.45) is 5.92 Å². The zero-order valence-electron chi connectivity index (χ0n) is 19.9. The molecule has 2 atom stereocenters.